The normalized spacial score (nSPS) is 12.0. The fourth-order valence-corrected chi connectivity index (χ4v) is 4.06. The monoisotopic (exact) mass is 475 g/mol. The lowest BCUT2D eigenvalue weighted by Gasteiger charge is -2.15. The topological polar surface area (TPSA) is 94.3 Å². The van der Waals surface area contributed by atoms with Gasteiger partial charge >= 0.3 is 5.97 Å². The summed E-state index contributed by atoms with van der Waals surface area (Å²) in [5.74, 6) is -1.10. The van der Waals surface area contributed by atoms with Crippen molar-refractivity contribution in [2.45, 2.75) is 19.4 Å². The smallest absolute Gasteiger partial charge is 0.339 e. The second-order valence-electron chi connectivity index (χ2n) is 6.49. The van der Waals surface area contributed by atoms with Crippen LogP contribution in [0.25, 0.3) is 22.4 Å². The molecular formula is C21H15Cl2N3O4S. The van der Waals surface area contributed by atoms with E-state index >= 15 is 0 Å². The summed E-state index contributed by atoms with van der Waals surface area (Å²) in [5, 5.41) is 5.80. The first-order valence-electron chi connectivity index (χ1n) is 9.20. The summed E-state index contributed by atoms with van der Waals surface area (Å²) in [6.07, 6.45) is 0.606. The number of amides is 1. The molecule has 158 valence electrons. The number of anilines is 1. The molecule has 0 saturated carbocycles. The van der Waals surface area contributed by atoms with Gasteiger partial charge < -0.3 is 9.15 Å². The van der Waals surface area contributed by atoms with Gasteiger partial charge in [-0.3, -0.25) is 10.1 Å². The van der Waals surface area contributed by atoms with Crippen molar-refractivity contribution >= 4 is 62.6 Å². The molecule has 10 heteroatoms. The summed E-state index contributed by atoms with van der Waals surface area (Å²) in [7, 11) is 0. The fourth-order valence-electron chi connectivity index (χ4n) is 2.84. The Morgan fingerprint density at radius 3 is 2.84 bits per heavy atom. The number of esters is 1. The summed E-state index contributed by atoms with van der Waals surface area (Å²) < 4.78 is 10.6. The number of ether oxygens (including phenoxy) is 1. The minimum atomic E-state index is -0.982. The number of rotatable bonds is 6. The highest BCUT2D eigenvalue weighted by molar-refractivity contribution is 7.14. The molecule has 1 N–H and O–H groups in total. The minimum absolute atomic E-state index is 0.268. The van der Waals surface area contributed by atoms with Crippen LogP contribution in [0.3, 0.4) is 0 Å². The molecule has 0 bridgehead atoms. The van der Waals surface area contributed by atoms with E-state index < -0.39 is 18.0 Å². The number of hydrogen-bond donors (Lipinski definition) is 1. The molecule has 4 rings (SSSR count). The zero-order chi connectivity index (χ0) is 22.0. The van der Waals surface area contributed by atoms with Crippen LogP contribution in [-0.4, -0.2) is 27.9 Å². The highest BCUT2D eigenvalue weighted by atomic mass is 35.5. The molecule has 1 unspecified atom stereocenters. The average Bonchev–Trinajstić information content (AvgIpc) is 3.40. The average molecular weight is 476 g/mol. The quantitative estimate of drug-likeness (QED) is 0.352. The minimum Gasteiger partial charge on any atom is -0.449 e. The molecule has 0 radical (unpaired) electrons. The fraction of sp³-hybridized carbons (Fsp3) is 0.143. The SMILES string of the molecule is CCC(OC(=O)c1ccc2ncoc2c1)C(=O)Nc1nc(-c2ccc(Cl)cc2Cl)cs1. The van der Waals surface area contributed by atoms with Crippen molar-refractivity contribution in [3.63, 3.8) is 0 Å². The number of nitrogens with zero attached hydrogens (tertiary/aromatic N) is 2. The Hall–Kier alpha value is -2.94. The Labute approximate surface area is 191 Å². The van der Waals surface area contributed by atoms with Gasteiger partial charge in [-0.25, -0.2) is 14.8 Å². The number of aromatic nitrogens is 2. The lowest BCUT2D eigenvalue weighted by molar-refractivity contribution is -0.124. The molecule has 2 heterocycles. The number of halogens is 2. The van der Waals surface area contributed by atoms with Crippen LogP contribution in [0.5, 0.6) is 0 Å². The highest BCUT2D eigenvalue weighted by Gasteiger charge is 2.23. The Balaban J connectivity index is 1.44. The van der Waals surface area contributed by atoms with Crippen LogP contribution in [0.15, 0.2) is 52.6 Å². The van der Waals surface area contributed by atoms with Gasteiger partial charge in [0.2, 0.25) is 0 Å². The van der Waals surface area contributed by atoms with Gasteiger partial charge in [0.25, 0.3) is 5.91 Å². The van der Waals surface area contributed by atoms with Crippen molar-refractivity contribution in [3.8, 4) is 11.3 Å². The molecule has 0 aliphatic heterocycles. The molecule has 7 nitrogen and oxygen atoms in total. The second-order valence-corrected chi connectivity index (χ2v) is 8.19. The van der Waals surface area contributed by atoms with Gasteiger partial charge in [-0.05, 0) is 42.8 Å². The summed E-state index contributed by atoms with van der Waals surface area (Å²) >= 11 is 13.4. The summed E-state index contributed by atoms with van der Waals surface area (Å²) in [5.41, 5.74) is 2.66. The van der Waals surface area contributed by atoms with Crippen molar-refractivity contribution in [1.82, 2.24) is 9.97 Å². The molecule has 2 aromatic heterocycles. The molecule has 1 atom stereocenters. The molecule has 0 aliphatic carbocycles. The van der Waals surface area contributed by atoms with E-state index in [0.29, 0.717) is 44.0 Å². The molecular weight excluding hydrogens is 461 g/mol. The third-order valence-corrected chi connectivity index (χ3v) is 5.73. The number of carbonyl (C=O) groups is 2. The van der Waals surface area contributed by atoms with E-state index in [1.165, 1.54) is 23.8 Å². The van der Waals surface area contributed by atoms with Crippen molar-refractivity contribution in [2.24, 2.45) is 0 Å². The molecule has 0 spiro atoms. The van der Waals surface area contributed by atoms with E-state index in [4.69, 9.17) is 32.4 Å². The van der Waals surface area contributed by atoms with E-state index in [1.807, 2.05) is 0 Å². The zero-order valence-electron chi connectivity index (χ0n) is 16.1. The maximum Gasteiger partial charge on any atom is 0.339 e. The van der Waals surface area contributed by atoms with Crippen molar-refractivity contribution in [3.05, 3.63) is 63.8 Å². The third kappa shape index (κ3) is 4.71. The Kier molecular flexibility index (Phi) is 6.22. The molecule has 31 heavy (non-hydrogen) atoms. The first kappa shape index (κ1) is 21.3. The van der Waals surface area contributed by atoms with Gasteiger partial charge in [0.05, 0.1) is 16.3 Å². The largest absolute Gasteiger partial charge is 0.449 e. The molecule has 2 aromatic carbocycles. The van der Waals surface area contributed by atoms with Gasteiger partial charge in [0.1, 0.15) is 5.52 Å². The van der Waals surface area contributed by atoms with Crippen LogP contribution in [0.2, 0.25) is 10.0 Å². The Morgan fingerprint density at radius 1 is 1.23 bits per heavy atom. The van der Waals surface area contributed by atoms with Gasteiger partial charge in [0.15, 0.2) is 23.2 Å². The Morgan fingerprint density at radius 2 is 2.06 bits per heavy atom. The third-order valence-electron chi connectivity index (χ3n) is 4.42. The van der Waals surface area contributed by atoms with Crippen LogP contribution in [0.4, 0.5) is 5.13 Å². The number of carbonyl (C=O) groups excluding carboxylic acids is 2. The second kappa shape index (κ2) is 9.05. The van der Waals surface area contributed by atoms with Gasteiger partial charge in [0, 0.05) is 16.0 Å². The highest BCUT2D eigenvalue weighted by Crippen LogP contribution is 2.32. The maximum absolute atomic E-state index is 12.6. The summed E-state index contributed by atoms with van der Waals surface area (Å²) in [4.78, 5) is 33.5. The Bertz CT molecular complexity index is 1270. The maximum atomic E-state index is 12.6. The van der Waals surface area contributed by atoms with Crippen molar-refractivity contribution < 1.29 is 18.7 Å². The van der Waals surface area contributed by atoms with E-state index in [-0.39, 0.29) is 5.56 Å². The summed E-state index contributed by atoms with van der Waals surface area (Å²) in [6, 6.07) is 9.84. The number of thiazole rings is 1. The van der Waals surface area contributed by atoms with Crippen LogP contribution in [0.1, 0.15) is 23.7 Å². The van der Waals surface area contributed by atoms with E-state index in [9.17, 15) is 9.59 Å². The number of nitrogens with one attached hydrogen (secondary N) is 1. The van der Waals surface area contributed by atoms with Crippen LogP contribution in [-0.2, 0) is 9.53 Å². The number of fused-ring (bicyclic) bond motifs is 1. The zero-order valence-corrected chi connectivity index (χ0v) is 18.4. The lowest BCUT2D eigenvalue weighted by Crippen LogP contribution is -2.32. The standard InChI is InChI=1S/C21H15Cl2N3O4S/c1-2-17(30-20(28)11-3-6-15-18(7-11)29-10-24-15)19(27)26-21-25-16(9-31-21)13-5-4-12(22)8-14(13)23/h3-10,17H,2H2,1H3,(H,25,26,27). The van der Waals surface area contributed by atoms with Gasteiger partial charge in [-0.2, -0.15) is 0 Å². The van der Waals surface area contributed by atoms with Gasteiger partial charge in [-0.1, -0.05) is 30.1 Å². The molecule has 0 fully saturated rings. The van der Waals surface area contributed by atoms with E-state index in [2.05, 4.69) is 15.3 Å². The predicted octanol–water partition coefficient (Wildman–Crippen LogP) is 5.83. The number of benzene rings is 2. The van der Waals surface area contributed by atoms with Gasteiger partial charge in [-0.15, -0.1) is 11.3 Å². The van der Waals surface area contributed by atoms with Crippen molar-refractivity contribution in [1.29, 1.82) is 0 Å². The lowest BCUT2D eigenvalue weighted by atomic mass is 10.2. The number of oxazole rings is 1. The first-order valence-corrected chi connectivity index (χ1v) is 10.8. The molecule has 0 saturated heterocycles. The molecule has 0 aliphatic rings. The molecule has 1 amide bonds. The molecule has 4 aromatic rings. The van der Waals surface area contributed by atoms with Crippen molar-refractivity contribution in [2.75, 3.05) is 5.32 Å². The van der Waals surface area contributed by atoms with Crippen LogP contribution in [0, 0.1) is 0 Å². The van der Waals surface area contributed by atoms with E-state index in [1.54, 1.807) is 42.6 Å². The van der Waals surface area contributed by atoms with E-state index in [0.717, 1.165) is 0 Å². The summed E-state index contributed by atoms with van der Waals surface area (Å²) in [6.45, 7) is 1.75. The van der Waals surface area contributed by atoms with Crippen LogP contribution >= 0.6 is 34.5 Å². The predicted molar refractivity (Wildman–Crippen MR) is 120 cm³/mol. The number of hydrogen-bond acceptors (Lipinski definition) is 7. The first-order chi connectivity index (χ1) is 14.9. The van der Waals surface area contributed by atoms with Crippen LogP contribution < -0.4 is 5.32 Å².